The molecule has 0 unspecified atom stereocenters. The van der Waals surface area contributed by atoms with Crippen LogP contribution in [0.5, 0.6) is 23.0 Å². The number of esters is 3. The first-order valence-corrected chi connectivity index (χ1v) is 33.8. The molecule has 0 amide bonds. The van der Waals surface area contributed by atoms with E-state index in [2.05, 4.69) is 36.9 Å². The zero-order valence-corrected chi connectivity index (χ0v) is 54.7. The average Bonchev–Trinajstić information content (AvgIpc) is 4.40. The van der Waals surface area contributed by atoms with Crippen LogP contribution in [0.15, 0.2) is 113 Å². The molecule has 438 valence electrons. The SMILES string of the molecule is CCOC(=O)C(C(=N)c1ccc(OC)cc1)=C(C)O.CCOC(=O)c1c(-c2ccc(OC)cc2)noc1C.CCOC(=O)c1c(-c2ccc(OC)cc2)nsc1C.COc1ccc(-c2nsc(C)c2C(=O)O)cc1.S=PP=S=S=S=S.[Li+].[OH-]. The third-order valence-corrected chi connectivity index (χ3v) is 21.9. The van der Waals surface area contributed by atoms with Crippen LogP contribution in [0.25, 0.3) is 33.8 Å². The fraction of sp³-hybridized carbons (Fsp3) is 0.259. The number of carbonyl (C=O) groups is 4. The van der Waals surface area contributed by atoms with Gasteiger partial charge in [-0.1, -0.05) is 5.16 Å². The van der Waals surface area contributed by atoms with Crippen LogP contribution >= 0.6 is 37.2 Å². The number of nitrogens with one attached hydrogen (secondary N) is 1. The van der Waals surface area contributed by atoms with Gasteiger partial charge in [0.05, 0.1) is 65.4 Å². The molecule has 0 saturated carbocycles. The van der Waals surface area contributed by atoms with Gasteiger partial charge in [-0.05, 0) is 219 Å². The Hall–Kier alpha value is -6.10. The monoisotopic (exact) mass is 1300 g/mol. The van der Waals surface area contributed by atoms with Crippen LogP contribution in [0.4, 0.5) is 0 Å². The van der Waals surface area contributed by atoms with Crippen molar-refractivity contribution in [1.29, 1.82) is 5.41 Å². The van der Waals surface area contributed by atoms with Crippen molar-refractivity contribution in [2.24, 2.45) is 0 Å². The van der Waals surface area contributed by atoms with Crippen molar-refractivity contribution in [3.63, 3.8) is 0 Å². The van der Waals surface area contributed by atoms with E-state index < -0.39 is 17.9 Å². The minimum absolute atomic E-state index is 0. The number of nitrogens with zero attached hydrogens (tertiary/aromatic N) is 3. The Morgan fingerprint density at radius 2 is 1.01 bits per heavy atom. The molecule has 83 heavy (non-hydrogen) atoms. The number of carbonyl (C=O) groups excluding carboxylic acids is 3. The summed E-state index contributed by atoms with van der Waals surface area (Å²) in [5, 5.41) is 30.6. The standard InChI is InChI=1S/C14H15NO4.C14H17NO4.C14H15NO3S.C12H11NO3S.Li.H2O.P2S5/c1-4-18-14(16)12-9(2)19-15-13(12)10-5-7-11(17-3)8-6-10;1-4-19-14(17)12(9(2)16)13(15)10-5-7-11(18-3)8-6-10;1-4-18-14(16)12-9(2)19-15-13(12)10-5-7-11(17-3)8-6-10;1-7-10(12(14)15)11(13-17-7)8-3-5-9(16-2)6-4-8;;;3-1-2-5-7-6-4/h5-8H,4H2,1-3H3;5-8,15-16H,4H2,1-3H3;5-8H,4H2,1-3H3;3-6H,1-2H3,(H,14,15);;1H2;/q;;;;+1;;/p-1. The first-order valence-electron chi connectivity index (χ1n) is 23.7. The number of aryl methyl sites for hydroxylation is 3. The second-order valence-electron chi connectivity index (χ2n) is 15.5. The first-order chi connectivity index (χ1) is 38.9. The summed E-state index contributed by atoms with van der Waals surface area (Å²) in [6.45, 7) is 12.7. The fourth-order valence-corrected chi connectivity index (χ4v) is 17.7. The first kappa shape index (κ1) is 74.9. The summed E-state index contributed by atoms with van der Waals surface area (Å²) in [6, 6.07) is 28.5. The van der Waals surface area contributed by atoms with Crippen LogP contribution in [-0.2, 0) is 69.3 Å². The van der Waals surface area contributed by atoms with Gasteiger partial charge >= 0.3 is 42.7 Å². The van der Waals surface area contributed by atoms with Crippen molar-refractivity contribution in [3.8, 4) is 56.8 Å². The largest absolute Gasteiger partial charge is 1.00 e. The van der Waals surface area contributed by atoms with E-state index in [0.717, 1.165) is 45.9 Å². The third-order valence-electron chi connectivity index (χ3n) is 10.4. The molecule has 0 bridgehead atoms. The minimum Gasteiger partial charge on any atom is -0.870 e. The van der Waals surface area contributed by atoms with Gasteiger partial charge in [0.2, 0.25) is 0 Å². The van der Waals surface area contributed by atoms with E-state index in [4.69, 9.17) is 48.2 Å². The van der Waals surface area contributed by atoms with Gasteiger partial charge in [0.1, 0.15) is 62.5 Å². The van der Waals surface area contributed by atoms with E-state index in [1.54, 1.807) is 142 Å². The van der Waals surface area contributed by atoms with Crippen molar-refractivity contribution in [1.82, 2.24) is 13.9 Å². The number of aromatic carboxylic acids is 1. The summed E-state index contributed by atoms with van der Waals surface area (Å²) >= 11 is 11.7. The molecule has 0 aliphatic heterocycles. The number of aliphatic hydroxyl groups is 1. The molecule has 0 aliphatic rings. The Kier molecular flexibility index (Phi) is 36.3. The van der Waals surface area contributed by atoms with Crippen LogP contribution in [-0.4, -0.2) is 107 Å². The van der Waals surface area contributed by atoms with Crippen molar-refractivity contribution in [2.75, 3.05) is 48.3 Å². The maximum atomic E-state index is 12.0. The molecular formula is C54H59LiN4O15P2S7. The Balaban J connectivity index is 0.000000529. The molecule has 0 fully saturated rings. The van der Waals surface area contributed by atoms with Gasteiger partial charge in [0, 0.05) is 46.1 Å². The van der Waals surface area contributed by atoms with Gasteiger partial charge in [-0.3, -0.25) is 5.41 Å². The molecule has 0 radical (unpaired) electrons. The van der Waals surface area contributed by atoms with E-state index in [-0.39, 0.29) is 59.5 Å². The molecule has 4 aromatic carbocycles. The molecule has 29 heteroatoms. The van der Waals surface area contributed by atoms with Crippen LogP contribution in [0, 0.1) is 26.2 Å². The molecule has 7 aromatic rings. The molecule has 3 aromatic heterocycles. The Bertz CT molecular complexity index is 3310. The van der Waals surface area contributed by atoms with E-state index >= 15 is 0 Å². The predicted octanol–water partition coefficient (Wildman–Crippen LogP) is 9.96. The number of benzene rings is 4. The Morgan fingerprint density at radius 1 is 0.627 bits per heavy atom. The van der Waals surface area contributed by atoms with Crippen LogP contribution in [0.1, 0.15) is 79.8 Å². The number of ether oxygens (including phenoxy) is 7. The molecule has 3 heterocycles. The number of allylic oxidation sites excluding steroid dienone is 1. The van der Waals surface area contributed by atoms with Crippen molar-refractivity contribution >= 4 is 117 Å². The zero-order chi connectivity index (χ0) is 60.0. The van der Waals surface area contributed by atoms with Gasteiger partial charge in [-0.25, -0.2) is 19.2 Å². The molecule has 0 saturated heterocycles. The summed E-state index contributed by atoms with van der Waals surface area (Å²) < 4.78 is 48.8. The number of aliphatic hydroxyl groups excluding tert-OH is 1. The van der Waals surface area contributed by atoms with E-state index in [1.807, 2.05) is 43.3 Å². The number of hydrogen-bond acceptors (Lipinski definition) is 22. The van der Waals surface area contributed by atoms with E-state index in [1.165, 1.54) is 45.9 Å². The molecule has 19 nitrogen and oxygen atoms in total. The second kappa shape index (κ2) is 40.2. The fourth-order valence-electron chi connectivity index (χ4n) is 6.67. The summed E-state index contributed by atoms with van der Waals surface area (Å²) in [4.78, 5) is 48.3. The molecule has 7 rings (SSSR count). The molecule has 0 atom stereocenters. The molecule has 0 spiro atoms. The van der Waals surface area contributed by atoms with E-state index in [0.29, 0.717) is 63.4 Å². The maximum absolute atomic E-state index is 12.0. The Labute approximate surface area is 523 Å². The van der Waals surface area contributed by atoms with Gasteiger partial charge in [-0.2, -0.15) is 8.75 Å². The summed E-state index contributed by atoms with van der Waals surface area (Å²) in [7, 11) is 13.2. The molecule has 0 aliphatic carbocycles. The van der Waals surface area contributed by atoms with Crippen molar-refractivity contribution < 1.29 is 91.4 Å². The quantitative estimate of drug-likeness (QED) is 0.0145. The van der Waals surface area contributed by atoms with Gasteiger partial charge in [0.25, 0.3) is 0 Å². The summed E-state index contributed by atoms with van der Waals surface area (Å²) in [5.41, 5.74) is 5.60. The molecular weight excluding hydrogens is 1240 g/mol. The predicted molar refractivity (Wildman–Crippen MR) is 334 cm³/mol. The number of carboxylic acids is 1. The van der Waals surface area contributed by atoms with Crippen LogP contribution in [0.3, 0.4) is 0 Å². The van der Waals surface area contributed by atoms with Crippen molar-refractivity contribution in [2.45, 2.75) is 48.5 Å². The number of methoxy groups -OCH3 is 4. The summed E-state index contributed by atoms with van der Waals surface area (Å²) in [6.07, 6.45) is 0. The smallest absolute Gasteiger partial charge is 0.870 e. The van der Waals surface area contributed by atoms with E-state index in [9.17, 15) is 24.3 Å². The maximum Gasteiger partial charge on any atom is 1.00 e. The number of hydrogen-bond donors (Lipinski definition) is 3. The number of carboxylic acid groups (broad SMARTS) is 1. The van der Waals surface area contributed by atoms with Gasteiger partial charge in [-0.15, -0.1) is 0 Å². The summed E-state index contributed by atoms with van der Waals surface area (Å²) in [5.74, 6) is 0.715. The van der Waals surface area contributed by atoms with Crippen LogP contribution in [0.2, 0.25) is 0 Å². The van der Waals surface area contributed by atoms with Crippen LogP contribution < -0.4 is 37.8 Å². The normalized spacial score (nSPS) is 10.2. The Morgan fingerprint density at radius 3 is 1.39 bits per heavy atom. The van der Waals surface area contributed by atoms with Crippen molar-refractivity contribution in [3.05, 3.63) is 146 Å². The zero-order valence-electron chi connectivity index (χ0n) is 47.2. The number of aromatic nitrogens is 3. The average molecular weight is 1300 g/mol. The van der Waals surface area contributed by atoms with Gasteiger partial charge < -0.3 is 53.4 Å². The van der Waals surface area contributed by atoms with Gasteiger partial charge in [0.15, 0.2) is 0 Å². The minimum atomic E-state index is -0.943. The second-order valence-corrected chi connectivity index (χ2v) is 27.2. The topological polar surface area (TPSA) is 279 Å². The molecule has 4 N–H and O–H groups in total. The number of rotatable bonds is 17. The third kappa shape index (κ3) is 23.1.